The van der Waals surface area contributed by atoms with Gasteiger partial charge in [-0.1, -0.05) is 0 Å². The third-order valence-electron chi connectivity index (χ3n) is 2.89. The van der Waals surface area contributed by atoms with Crippen molar-refractivity contribution in [2.75, 3.05) is 7.11 Å². The second kappa shape index (κ2) is 3.62. The predicted octanol–water partition coefficient (Wildman–Crippen LogP) is 2.24. The van der Waals surface area contributed by atoms with Gasteiger partial charge in [0.05, 0.1) is 13.2 Å². The maximum atomic E-state index is 9.59. The van der Waals surface area contributed by atoms with Crippen molar-refractivity contribution in [1.29, 1.82) is 0 Å². The summed E-state index contributed by atoms with van der Waals surface area (Å²) < 4.78 is 5.27. The zero-order valence-electron chi connectivity index (χ0n) is 8.71. The van der Waals surface area contributed by atoms with Gasteiger partial charge in [-0.05, 0) is 49.4 Å². The van der Waals surface area contributed by atoms with E-state index in [-0.39, 0.29) is 0 Å². The van der Waals surface area contributed by atoms with Gasteiger partial charge in [0, 0.05) is 5.56 Å². The van der Waals surface area contributed by atoms with E-state index in [4.69, 9.17) is 4.74 Å². The minimum absolute atomic E-state index is 0.448. The monoisotopic (exact) mass is 192 g/mol. The molecule has 2 rings (SSSR count). The molecule has 0 saturated carbocycles. The molecule has 0 aliphatic heterocycles. The Hall–Kier alpha value is -1.02. The first-order valence-corrected chi connectivity index (χ1v) is 5.10. The Morgan fingerprint density at radius 2 is 1.93 bits per heavy atom. The van der Waals surface area contributed by atoms with E-state index in [1.165, 1.54) is 17.5 Å². The van der Waals surface area contributed by atoms with Crippen molar-refractivity contribution in [3.8, 4) is 5.75 Å². The summed E-state index contributed by atoms with van der Waals surface area (Å²) in [6.07, 6.45) is 3.06. The number of methoxy groups -OCH3 is 1. The molecule has 1 aliphatic carbocycles. The Morgan fingerprint density at radius 1 is 1.29 bits per heavy atom. The average Bonchev–Trinajstić information content (AvgIpc) is 2.62. The third kappa shape index (κ3) is 1.50. The highest BCUT2D eigenvalue weighted by molar-refractivity contribution is 5.45. The topological polar surface area (TPSA) is 29.5 Å². The molecular formula is C12H16O2. The summed E-state index contributed by atoms with van der Waals surface area (Å²) in [5.41, 5.74) is 3.67. The molecule has 1 aliphatic rings. The lowest BCUT2D eigenvalue weighted by atomic mass is 10.0. The normalized spacial score (nSPS) is 16.5. The molecule has 0 bridgehead atoms. The van der Waals surface area contributed by atoms with Crippen molar-refractivity contribution in [2.45, 2.75) is 32.3 Å². The molecule has 14 heavy (non-hydrogen) atoms. The standard InChI is InChI=1S/C12H16O2/c1-8(13)11-6-9-4-3-5-10(9)7-12(11)14-2/h6-8,13H,3-5H2,1-2H3. The van der Waals surface area contributed by atoms with Crippen LogP contribution in [0.5, 0.6) is 5.75 Å². The molecule has 0 fully saturated rings. The zero-order chi connectivity index (χ0) is 10.1. The van der Waals surface area contributed by atoms with Crippen molar-refractivity contribution in [1.82, 2.24) is 0 Å². The molecule has 1 aromatic carbocycles. The van der Waals surface area contributed by atoms with Crippen molar-refractivity contribution in [3.63, 3.8) is 0 Å². The van der Waals surface area contributed by atoms with Crippen LogP contribution in [0.1, 0.15) is 36.1 Å². The molecule has 0 saturated heterocycles. The predicted molar refractivity (Wildman–Crippen MR) is 55.7 cm³/mol. The van der Waals surface area contributed by atoms with Gasteiger partial charge in [-0.25, -0.2) is 0 Å². The maximum Gasteiger partial charge on any atom is 0.124 e. The highest BCUT2D eigenvalue weighted by Crippen LogP contribution is 2.32. The first-order valence-electron chi connectivity index (χ1n) is 5.10. The minimum atomic E-state index is -0.448. The van der Waals surface area contributed by atoms with Gasteiger partial charge in [-0.2, -0.15) is 0 Å². The van der Waals surface area contributed by atoms with Gasteiger partial charge in [0.15, 0.2) is 0 Å². The summed E-state index contributed by atoms with van der Waals surface area (Å²) in [5, 5.41) is 9.59. The molecule has 2 heteroatoms. The van der Waals surface area contributed by atoms with Crippen molar-refractivity contribution >= 4 is 0 Å². The highest BCUT2D eigenvalue weighted by atomic mass is 16.5. The number of hydrogen-bond donors (Lipinski definition) is 1. The molecule has 1 atom stereocenters. The number of aliphatic hydroxyl groups is 1. The van der Waals surface area contributed by atoms with Crippen LogP contribution in [-0.2, 0) is 12.8 Å². The van der Waals surface area contributed by atoms with E-state index >= 15 is 0 Å². The summed E-state index contributed by atoms with van der Waals surface area (Å²) in [6, 6.07) is 4.16. The first-order chi connectivity index (χ1) is 6.72. The van der Waals surface area contributed by atoms with Gasteiger partial charge in [-0.15, -0.1) is 0 Å². The lowest BCUT2D eigenvalue weighted by molar-refractivity contribution is 0.194. The number of hydrogen-bond acceptors (Lipinski definition) is 2. The Balaban J connectivity index is 2.49. The van der Waals surface area contributed by atoms with Crippen molar-refractivity contribution < 1.29 is 9.84 Å². The van der Waals surface area contributed by atoms with Gasteiger partial charge in [0.1, 0.15) is 5.75 Å². The van der Waals surface area contributed by atoms with Crippen molar-refractivity contribution in [2.24, 2.45) is 0 Å². The number of aliphatic hydroxyl groups excluding tert-OH is 1. The number of rotatable bonds is 2. The molecule has 0 amide bonds. The van der Waals surface area contributed by atoms with Crippen LogP contribution in [0.3, 0.4) is 0 Å². The minimum Gasteiger partial charge on any atom is -0.496 e. The van der Waals surface area contributed by atoms with E-state index in [9.17, 15) is 5.11 Å². The molecule has 1 aromatic rings. The zero-order valence-corrected chi connectivity index (χ0v) is 8.71. The Bertz CT molecular complexity index is 342. The highest BCUT2D eigenvalue weighted by Gasteiger charge is 2.17. The van der Waals surface area contributed by atoms with Crippen LogP contribution >= 0.6 is 0 Å². The van der Waals surface area contributed by atoms with E-state index in [2.05, 4.69) is 12.1 Å². The number of aryl methyl sites for hydroxylation is 2. The molecule has 1 N–H and O–H groups in total. The molecule has 0 aromatic heterocycles. The fourth-order valence-electron chi connectivity index (χ4n) is 2.12. The first kappa shape index (κ1) is 9.53. The summed E-state index contributed by atoms with van der Waals surface area (Å²) in [5.74, 6) is 0.820. The molecule has 0 heterocycles. The largest absolute Gasteiger partial charge is 0.496 e. The Labute approximate surface area is 84.5 Å². The molecule has 0 spiro atoms. The van der Waals surface area contributed by atoms with E-state index < -0.39 is 6.10 Å². The van der Waals surface area contributed by atoms with E-state index in [1.54, 1.807) is 14.0 Å². The molecule has 1 unspecified atom stereocenters. The quantitative estimate of drug-likeness (QED) is 0.778. The summed E-state index contributed by atoms with van der Waals surface area (Å²) >= 11 is 0. The van der Waals surface area contributed by atoms with Crippen LogP contribution in [0.15, 0.2) is 12.1 Å². The van der Waals surface area contributed by atoms with Gasteiger partial charge >= 0.3 is 0 Å². The maximum absolute atomic E-state index is 9.59. The van der Waals surface area contributed by atoms with Crippen LogP contribution in [0.4, 0.5) is 0 Å². The van der Waals surface area contributed by atoms with Crippen LogP contribution in [0, 0.1) is 0 Å². The van der Waals surface area contributed by atoms with E-state index in [0.717, 1.165) is 24.2 Å². The second-order valence-corrected chi connectivity index (χ2v) is 3.89. The van der Waals surface area contributed by atoms with Gasteiger partial charge in [0.2, 0.25) is 0 Å². The number of fused-ring (bicyclic) bond motifs is 1. The van der Waals surface area contributed by atoms with Crippen LogP contribution in [-0.4, -0.2) is 12.2 Å². The molecular weight excluding hydrogens is 176 g/mol. The molecule has 0 radical (unpaired) electrons. The van der Waals surface area contributed by atoms with Crippen LogP contribution < -0.4 is 4.74 Å². The third-order valence-corrected chi connectivity index (χ3v) is 2.89. The Kier molecular flexibility index (Phi) is 2.46. The van der Waals surface area contributed by atoms with Crippen LogP contribution in [0.25, 0.3) is 0 Å². The number of ether oxygens (including phenoxy) is 1. The lowest BCUT2D eigenvalue weighted by Crippen LogP contribution is -1.98. The lowest BCUT2D eigenvalue weighted by Gasteiger charge is -2.13. The summed E-state index contributed by atoms with van der Waals surface area (Å²) in [6.45, 7) is 1.78. The Morgan fingerprint density at radius 3 is 2.50 bits per heavy atom. The van der Waals surface area contributed by atoms with Crippen molar-refractivity contribution in [3.05, 3.63) is 28.8 Å². The molecule has 76 valence electrons. The summed E-state index contributed by atoms with van der Waals surface area (Å²) in [7, 11) is 1.66. The summed E-state index contributed by atoms with van der Waals surface area (Å²) in [4.78, 5) is 0. The fraction of sp³-hybridized carbons (Fsp3) is 0.500. The fourth-order valence-corrected chi connectivity index (χ4v) is 2.12. The average molecular weight is 192 g/mol. The smallest absolute Gasteiger partial charge is 0.124 e. The molecule has 2 nitrogen and oxygen atoms in total. The second-order valence-electron chi connectivity index (χ2n) is 3.89. The van der Waals surface area contributed by atoms with Gasteiger partial charge < -0.3 is 9.84 Å². The number of benzene rings is 1. The van der Waals surface area contributed by atoms with E-state index in [0.29, 0.717) is 0 Å². The van der Waals surface area contributed by atoms with Crippen LogP contribution in [0.2, 0.25) is 0 Å². The van der Waals surface area contributed by atoms with E-state index in [1.807, 2.05) is 0 Å². The van der Waals surface area contributed by atoms with Gasteiger partial charge in [-0.3, -0.25) is 0 Å². The van der Waals surface area contributed by atoms with Gasteiger partial charge in [0.25, 0.3) is 0 Å². The SMILES string of the molecule is COc1cc2c(cc1C(C)O)CCC2.